The number of carbonyl (C=O) groups excluding carboxylic acids is 1. The molecule has 3 aromatic rings. The van der Waals surface area contributed by atoms with Gasteiger partial charge in [-0.1, -0.05) is 6.07 Å². The van der Waals surface area contributed by atoms with Gasteiger partial charge in [-0.25, -0.2) is 4.98 Å². The maximum Gasteiger partial charge on any atom is 0.220 e. The van der Waals surface area contributed by atoms with Crippen LogP contribution in [0.3, 0.4) is 0 Å². The number of imidazole rings is 1. The van der Waals surface area contributed by atoms with Crippen molar-refractivity contribution in [2.24, 2.45) is 7.05 Å². The minimum atomic E-state index is -0.0539. The van der Waals surface area contributed by atoms with Crippen LogP contribution in [0.15, 0.2) is 18.3 Å². The Morgan fingerprint density at radius 2 is 2.08 bits per heavy atom. The van der Waals surface area contributed by atoms with Crippen molar-refractivity contribution in [2.75, 3.05) is 0 Å². The number of benzene rings is 1. The topological polar surface area (TPSA) is 75.6 Å². The standard InChI is InChI=1S/C19H25N5O/c1-11-6-7-16-19(12(11)2)22-17(21-16)8-9-18(25)20-13(3)15-10-24(5)23-14(15)4/h6-7,10,13H,8-9H2,1-5H3,(H,20,25)(H,21,22). The lowest BCUT2D eigenvalue weighted by Crippen LogP contribution is -2.27. The highest BCUT2D eigenvalue weighted by Gasteiger charge is 2.15. The van der Waals surface area contributed by atoms with E-state index in [-0.39, 0.29) is 11.9 Å². The van der Waals surface area contributed by atoms with Gasteiger partial charge in [0.1, 0.15) is 5.82 Å². The second-order valence-electron chi connectivity index (χ2n) is 6.72. The van der Waals surface area contributed by atoms with Crippen molar-refractivity contribution in [3.8, 4) is 0 Å². The first-order valence-electron chi connectivity index (χ1n) is 8.59. The van der Waals surface area contributed by atoms with E-state index in [9.17, 15) is 4.79 Å². The molecule has 1 amide bonds. The second kappa shape index (κ2) is 6.70. The molecule has 0 fully saturated rings. The van der Waals surface area contributed by atoms with Crippen molar-refractivity contribution in [1.29, 1.82) is 0 Å². The zero-order valence-corrected chi connectivity index (χ0v) is 15.5. The molecule has 132 valence electrons. The molecule has 2 N–H and O–H groups in total. The molecule has 0 spiro atoms. The van der Waals surface area contributed by atoms with E-state index in [0.29, 0.717) is 12.8 Å². The molecule has 25 heavy (non-hydrogen) atoms. The SMILES string of the molecule is Cc1ccc2[nH]c(CCC(=O)NC(C)c3cn(C)nc3C)nc2c1C. The molecule has 1 atom stereocenters. The molecule has 6 heteroatoms. The van der Waals surface area contributed by atoms with E-state index in [1.165, 1.54) is 11.1 Å². The second-order valence-corrected chi connectivity index (χ2v) is 6.72. The van der Waals surface area contributed by atoms with E-state index in [0.717, 1.165) is 28.1 Å². The summed E-state index contributed by atoms with van der Waals surface area (Å²) in [6.45, 7) is 8.09. The van der Waals surface area contributed by atoms with Crippen molar-refractivity contribution >= 4 is 16.9 Å². The van der Waals surface area contributed by atoms with Crippen LogP contribution in [-0.2, 0) is 18.3 Å². The molecule has 0 bridgehead atoms. The number of aromatic amines is 1. The average molecular weight is 339 g/mol. The quantitative estimate of drug-likeness (QED) is 0.750. The third-order valence-corrected chi connectivity index (χ3v) is 4.71. The highest BCUT2D eigenvalue weighted by atomic mass is 16.1. The van der Waals surface area contributed by atoms with Gasteiger partial charge in [0.25, 0.3) is 0 Å². The maximum absolute atomic E-state index is 12.3. The molecule has 0 radical (unpaired) electrons. The summed E-state index contributed by atoms with van der Waals surface area (Å²) in [7, 11) is 1.89. The molecular weight excluding hydrogens is 314 g/mol. The number of carbonyl (C=O) groups is 1. The van der Waals surface area contributed by atoms with Crippen LogP contribution in [0.1, 0.15) is 47.6 Å². The highest BCUT2D eigenvalue weighted by Crippen LogP contribution is 2.20. The van der Waals surface area contributed by atoms with Crippen LogP contribution in [-0.4, -0.2) is 25.7 Å². The van der Waals surface area contributed by atoms with E-state index >= 15 is 0 Å². The highest BCUT2D eigenvalue weighted by molar-refractivity contribution is 5.80. The number of aryl methyl sites for hydroxylation is 5. The summed E-state index contributed by atoms with van der Waals surface area (Å²) in [4.78, 5) is 20.2. The fourth-order valence-corrected chi connectivity index (χ4v) is 3.15. The Hall–Kier alpha value is -2.63. The lowest BCUT2D eigenvalue weighted by Gasteiger charge is -2.12. The van der Waals surface area contributed by atoms with Crippen molar-refractivity contribution in [3.05, 3.63) is 46.5 Å². The predicted molar refractivity (Wildman–Crippen MR) is 98.4 cm³/mol. The van der Waals surface area contributed by atoms with Crippen molar-refractivity contribution in [1.82, 2.24) is 25.1 Å². The molecule has 1 aromatic carbocycles. The van der Waals surface area contributed by atoms with Gasteiger partial charge in [-0.05, 0) is 44.9 Å². The van der Waals surface area contributed by atoms with Crippen LogP contribution < -0.4 is 5.32 Å². The molecule has 0 saturated heterocycles. The number of hydrogen-bond acceptors (Lipinski definition) is 3. The number of nitrogens with zero attached hydrogens (tertiary/aromatic N) is 3. The van der Waals surface area contributed by atoms with Gasteiger partial charge in [-0.3, -0.25) is 9.48 Å². The first kappa shape index (κ1) is 17.2. The zero-order valence-electron chi connectivity index (χ0n) is 15.5. The number of aromatic nitrogens is 4. The molecule has 6 nitrogen and oxygen atoms in total. The lowest BCUT2D eigenvalue weighted by molar-refractivity contribution is -0.121. The van der Waals surface area contributed by atoms with Gasteiger partial charge in [0.2, 0.25) is 5.91 Å². The predicted octanol–water partition coefficient (Wildman–Crippen LogP) is 3.03. The Morgan fingerprint density at radius 1 is 1.32 bits per heavy atom. The van der Waals surface area contributed by atoms with Crippen LogP contribution in [0.2, 0.25) is 0 Å². The monoisotopic (exact) mass is 339 g/mol. The number of nitrogens with one attached hydrogen (secondary N) is 2. The third-order valence-electron chi connectivity index (χ3n) is 4.71. The summed E-state index contributed by atoms with van der Waals surface area (Å²) >= 11 is 0. The van der Waals surface area contributed by atoms with E-state index in [4.69, 9.17) is 0 Å². The van der Waals surface area contributed by atoms with Gasteiger partial charge in [-0.15, -0.1) is 0 Å². The van der Waals surface area contributed by atoms with E-state index < -0.39 is 0 Å². The first-order chi connectivity index (χ1) is 11.8. The van der Waals surface area contributed by atoms with Crippen LogP contribution in [0.5, 0.6) is 0 Å². The fourth-order valence-electron chi connectivity index (χ4n) is 3.15. The minimum Gasteiger partial charge on any atom is -0.349 e. The Kier molecular flexibility index (Phi) is 4.61. The molecule has 0 aliphatic heterocycles. The molecule has 2 heterocycles. The fraction of sp³-hybridized carbons (Fsp3) is 0.421. The molecule has 0 saturated carbocycles. The Labute approximate surface area is 147 Å². The van der Waals surface area contributed by atoms with Gasteiger partial charge >= 0.3 is 0 Å². The average Bonchev–Trinajstić information content (AvgIpc) is 3.12. The molecular formula is C19H25N5O. The number of H-pyrrole nitrogens is 1. The molecule has 0 aliphatic carbocycles. The Morgan fingerprint density at radius 3 is 2.76 bits per heavy atom. The molecule has 0 aliphatic rings. The number of amides is 1. The third kappa shape index (κ3) is 3.57. The Balaban J connectivity index is 1.62. The number of fused-ring (bicyclic) bond motifs is 1. The van der Waals surface area contributed by atoms with E-state index in [2.05, 4.69) is 40.3 Å². The lowest BCUT2D eigenvalue weighted by atomic mass is 10.1. The molecule has 3 rings (SSSR count). The number of rotatable bonds is 5. The normalized spacial score (nSPS) is 12.5. The first-order valence-corrected chi connectivity index (χ1v) is 8.59. The van der Waals surface area contributed by atoms with Crippen molar-refractivity contribution < 1.29 is 4.79 Å². The van der Waals surface area contributed by atoms with Gasteiger partial charge in [0.15, 0.2) is 0 Å². The summed E-state index contributed by atoms with van der Waals surface area (Å²) in [6.07, 6.45) is 2.95. The van der Waals surface area contributed by atoms with Crippen molar-refractivity contribution in [3.63, 3.8) is 0 Å². The summed E-state index contributed by atoms with van der Waals surface area (Å²) < 4.78 is 1.77. The van der Waals surface area contributed by atoms with Crippen LogP contribution in [0.4, 0.5) is 0 Å². The summed E-state index contributed by atoms with van der Waals surface area (Å²) in [5.41, 5.74) is 6.42. The smallest absolute Gasteiger partial charge is 0.220 e. The van der Waals surface area contributed by atoms with Crippen LogP contribution in [0, 0.1) is 20.8 Å². The Bertz CT molecular complexity index is 921. The van der Waals surface area contributed by atoms with Gasteiger partial charge in [-0.2, -0.15) is 5.10 Å². The van der Waals surface area contributed by atoms with Gasteiger partial charge in [0, 0.05) is 31.6 Å². The summed E-state index contributed by atoms with van der Waals surface area (Å²) in [5, 5.41) is 7.36. The van der Waals surface area contributed by atoms with E-state index in [1.54, 1.807) is 4.68 Å². The molecule has 1 unspecified atom stereocenters. The molecule has 2 aromatic heterocycles. The van der Waals surface area contributed by atoms with Gasteiger partial charge in [0.05, 0.1) is 22.8 Å². The van der Waals surface area contributed by atoms with E-state index in [1.807, 2.05) is 33.2 Å². The van der Waals surface area contributed by atoms with Gasteiger partial charge < -0.3 is 10.3 Å². The minimum absolute atomic E-state index is 0.0177. The van der Waals surface area contributed by atoms with Crippen molar-refractivity contribution in [2.45, 2.75) is 46.6 Å². The van der Waals surface area contributed by atoms with Crippen LogP contribution >= 0.6 is 0 Å². The summed E-state index contributed by atoms with van der Waals surface area (Å²) in [6, 6.07) is 4.08. The van der Waals surface area contributed by atoms with Crippen LogP contribution in [0.25, 0.3) is 11.0 Å². The largest absolute Gasteiger partial charge is 0.349 e. The zero-order chi connectivity index (χ0) is 18.1. The summed E-state index contributed by atoms with van der Waals surface area (Å²) in [5.74, 6) is 0.869. The maximum atomic E-state index is 12.3. The number of hydrogen-bond donors (Lipinski definition) is 2.